The molecule has 1 unspecified atom stereocenters. The van der Waals surface area contributed by atoms with Crippen molar-refractivity contribution in [2.75, 3.05) is 0 Å². The van der Waals surface area contributed by atoms with Gasteiger partial charge in [0.05, 0.1) is 12.6 Å². The molecule has 0 aliphatic carbocycles. The van der Waals surface area contributed by atoms with Gasteiger partial charge in [0, 0.05) is 4.88 Å². The van der Waals surface area contributed by atoms with Crippen LogP contribution in [0, 0.1) is 23.2 Å². The molecule has 1 N–H and O–H groups in total. The second-order valence-corrected chi connectivity index (χ2v) is 5.29. The molecule has 0 aliphatic rings. The van der Waals surface area contributed by atoms with Crippen molar-refractivity contribution in [3.63, 3.8) is 0 Å². The Bertz CT molecular complexity index is 417. The van der Waals surface area contributed by atoms with Crippen molar-refractivity contribution in [1.82, 2.24) is 5.32 Å². The predicted octanol–water partition coefficient (Wildman–Crippen LogP) is 2.72. The largest absolute Gasteiger partial charge is 0.350 e. The van der Waals surface area contributed by atoms with Gasteiger partial charge >= 0.3 is 0 Å². The topological polar surface area (TPSA) is 52.9 Å². The highest BCUT2D eigenvalue weighted by atomic mass is 32.1. The van der Waals surface area contributed by atoms with Crippen LogP contribution in [0.4, 0.5) is 0 Å². The second kappa shape index (κ2) is 6.41. The van der Waals surface area contributed by atoms with Crippen LogP contribution in [0.25, 0.3) is 0 Å². The molecule has 0 fully saturated rings. The summed E-state index contributed by atoms with van der Waals surface area (Å²) in [6.07, 6.45) is 0.973. The lowest BCUT2D eigenvalue weighted by Crippen LogP contribution is -2.32. The van der Waals surface area contributed by atoms with Crippen LogP contribution in [0.5, 0.6) is 0 Å². The van der Waals surface area contributed by atoms with Gasteiger partial charge in [-0.05, 0) is 29.3 Å². The van der Waals surface area contributed by atoms with E-state index in [2.05, 4.69) is 24.4 Å². The van der Waals surface area contributed by atoms with Crippen LogP contribution in [-0.2, 0) is 17.8 Å². The second-order valence-electron chi connectivity index (χ2n) is 4.29. The number of carbonyl (C=O) groups is 1. The summed E-state index contributed by atoms with van der Waals surface area (Å²) in [7, 11) is 0. The van der Waals surface area contributed by atoms with E-state index < -0.39 is 5.92 Å². The average Bonchev–Trinajstić information content (AvgIpc) is 2.74. The van der Waals surface area contributed by atoms with E-state index in [-0.39, 0.29) is 11.8 Å². The molecule has 0 saturated heterocycles. The van der Waals surface area contributed by atoms with Gasteiger partial charge in [0.1, 0.15) is 5.92 Å². The van der Waals surface area contributed by atoms with Gasteiger partial charge in [-0.15, -0.1) is 11.3 Å². The summed E-state index contributed by atoms with van der Waals surface area (Å²) >= 11 is 1.65. The van der Waals surface area contributed by atoms with Crippen LogP contribution in [0.3, 0.4) is 0 Å². The van der Waals surface area contributed by atoms with Gasteiger partial charge in [-0.1, -0.05) is 20.8 Å². The van der Waals surface area contributed by atoms with Crippen molar-refractivity contribution in [1.29, 1.82) is 5.26 Å². The highest BCUT2D eigenvalue weighted by molar-refractivity contribution is 7.10. The first-order valence-corrected chi connectivity index (χ1v) is 6.70. The van der Waals surface area contributed by atoms with Gasteiger partial charge in [-0.25, -0.2) is 0 Å². The molecule has 0 spiro atoms. The monoisotopic (exact) mass is 250 g/mol. The first kappa shape index (κ1) is 13.7. The van der Waals surface area contributed by atoms with E-state index in [0.29, 0.717) is 6.54 Å². The normalized spacial score (nSPS) is 12.2. The van der Waals surface area contributed by atoms with Gasteiger partial charge in [0.2, 0.25) is 5.91 Å². The third kappa shape index (κ3) is 3.57. The Morgan fingerprint density at radius 3 is 2.82 bits per heavy atom. The maximum absolute atomic E-state index is 11.8. The molecule has 1 rings (SSSR count). The molecule has 4 heteroatoms. The minimum absolute atomic E-state index is 0.0500. The van der Waals surface area contributed by atoms with Crippen LogP contribution in [-0.4, -0.2) is 5.91 Å². The molecule has 0 saturated carbocycles. The molecule has 1 heterocycles. The molecular formula is C13H18N2OS. The van der Waals surface area contributed by atoms with Crippen molar-refractivity contribution in [3.8, 4) is 6.07 Å². The Kier molecular flexibility index (Phi) is 5.17. The van der Waals surface area contributed by atoms with Crippen molar-refractivity contribution < 1.29 is 4.79 Å². The predicted molar refractivity (Wildman–Crippen MR) is 69.5 cm³/mol. The summed E-state index contributed by atoms with van der Waals surface area (Å²) in [5.41, 5.74) is 1.27. The van der Waals surface area contributed by atoms with Crippen LogP contribution in [0.1, 0.15) is 31.2 Å². The third-order valence-corrected chi connectivity index (χ3v) is 3.69. The highest BCUT2D eigenvalue weighted by Gasteiger charge is 2.21. The zero-order chi connectivity index (χ0) is 12.8. The summed E-state index contributed by atoms with van der Waals surface area (Å²) < 4.78 is 0. The number of aryl methyl sites for hydroxylation is 1. The Balaban J connectivity index is 2.57. The Labute approximate surface area is 106 Å². The smallest absolute Gasteiger partial charge is 0.237 e. The van der Waals surface area contributed by atoms with Gasteiger partial charge in [-0.3, -0.25) is 4.79 Å². The highest BCUT2D eigenvalue weighted by Crippen LogP contribution is 2.17. The van der Waals surface area contributed by atoms with Crippen molar-refractivity contribution >= 4 is 17.2 Å². The quantitative estimate of drug-likeness (QED) is 0.873. The number of thiophene rings is 1. The number of nitrogens with zero attached hydrogens (tertiary/aromatic N) is 1. The minimum atomic E-state index is -0.556. The van der Waals surface area contributed by atoms with Gasteiger partial charge in [-0.2, -0.15) is 5.26 Å². The summed E-state index contributed by atoms with van der Waals surface area (Å²) in [5.74, 6) is -0.674. The molecule has 1 amide bonds. The van der Waals surface area contributed by atoms with Gasteiger partial charge in [0.15, 0.2) is 0 Å². The van der Waals surface area contributed by atoms with E-state index in [9.17, 15) is 4.79 Å². The van der Waals surface area contributed by atoms with E-state index in [1.54, 1.807) is 11.3 Å². The molecule has 1 aromatic rings. The molecule has 1 aromatic heterocycles. The van der Waals surface area contributed by atoms with Gasteiger partial charge < -0.3 is 5.32 Å². The SMILES string of the molecule is CCc1ccsc1CNC(=O)C(C#N)C(C)C. The van der Waals surface area contributed by atoms with Crippen molar-refractivity contribution in [2.45, 2.75) is 33.7 Å². The number of nitrogens with one attached hydrogen (secondary N) is 1. The fourth-order valence-electron chi connectivity index (χ4n) is 1.62. The lowest BCUT2D eigenvalue weighted by Gasteiger charge is -2.13. The third-order valence-electron chi connectivity index (χ3n) is 2.73. The van der Waals surface area contributed by atoms with Crippen molar-refractivity contribution in [3.05, 3.63) is 21.9 Å². The molecule has 0 aromatic carbocycles. The molecule has 17 heavy (non-hydrogen) atoms. The first-order valence-electron chi connectivity index (χ1n) is 5.82. The zero-order valence-corrected chi connectivity index (χ0v) is 11.3. The maximum Gasteiger partial charge on any atom is 0.237 e. The first-order chi connectivity index (χ1) is 8.10. The number of hydrogen-bond donors (Lipinski definition) is 1. The standard InChI is InChI=1S/C13H18N2OS/c1-4-10-5-6-17-12(10)8-15-13(16)11(7-14)9(2)3/h5-6,9,11H,4,8H2,1-3H3,(H,15,16). The van der Waals surface area contributed by atoms with Gasteiger partial charge in [0.25, 0.3) is 0 Å². The molecule has 0 aliphatic heterocycles. The minimum Gasteiger partial charge on any atom is -0.350 e. The summed E-state index contributed by atoms with van der Waals surface area (Å²) in [4.78, 5) is 13.0. The van der Waals surface area contributed by atoms with E-state index in [0.717, 1.165) is 6.42 Å². The lowest BCUT2D eigenvalue weighted by molar-refractivity contribution is -0.124. The fraction of sp³-hybridized carbons (Fsp3) is 0.538. The molecular weight excluding hydrogens is 232 g/mol. The molecule has 3 nitrogen and oxygen atoms in total. The van der Waals surface area contributed by atoms with E-state index in [1.807, 2.05) is 19.2 Å². The lowest BCUT2D eigenvalue weighted by atomic mass is 9.97. The number of amides is 1. The van der Waals surface area contributed by atoms with E-state index in [4.69, 9.17) is 5.26 Å². The van der Waals surface area contributed by atoms with Crippen molar-refractivity contribution in [2.24, 2.45) is 11.8 Å². The summed E-state index contributed by atoms with van der Waals surface area (Å²) in [5, 5.41) is 13.8. The Morgan fingerprint density at radius 1 is 1.59 bits per heavy atom. The number of rotatable bonds is 5. The zero-order valence-electron chi connectivity index (χ0n) is 10.5. The van der Waals surface area contributed by atoms with Crippen LogP contribution < -0.4 is 5.32 Å². The number of hydrogen-bond acceptors (Lipinski definition) is 3. The van der Waals surface area contributed by atoms with Crippen LogP contribution in [0.2, 0.25) is 0 Å². The van der Waals surface area contributed by atoms with E-state index in [1.165, 1.54) is 10.4 Å². The van der Waals surface area contributed by atoms with Crippen LogP contribution in [0.15, 0.2) is 11.4 Å². The molecule has 0 radical (unpaired) electrons. The number of nitriles is 1. The fourth-order valence-corrected chi connectivity index (χ4v) is 2.54. The molecule has 0 bridgehead atoms. The summed E-state index contributed by atoms with van der Waals surface area (Å²) in [6.45, 7) is 6.40. The van der Waals surface area contributed by atoms with E-state index >= 15 is 0 Å². The van der Waals surface area contributed by atoms with Crippen LogP contribution >= 0.6 is 11.3 Å². The Morgan fingerprint density at radius 2 is 2.29 bits per heavy atom. The molecule has 92 valence electrons. The average molecular weight is 250 g/mol. The maximum atomic E-state index is 11.8. The number of carbonyl (C=O) groups excluding carboxylic acids is 1. The Hall–Kier alpha value is -1.34. The summed E-state index contributed by atoms with van der Waals surface area (Å²) in [6, 6.07) is 4.13. The molecule has 1 atom stereocenters.